The molecule has 1 unspecified atom stereocenters. The van der Waals surface area contributed by atoms with Gasteiger partial charge >= 0.3 is 0 Å². The lowest BCUT2D eigenvalue weighted by Gasteiger charge is -2.36. The van der Waals surface area contributed by atoms with E-state index < -0.39 is 0 Å². The maximum absolute atomic E-state index is 12.2. The second kappa shape index (κ2) is 7.74. The van der Waals surface area contributed by atoms with E-state index in [1.165, 1.54) is 6.42 Å². The number of hydrogen-bond acceptors (Lipinski definition) is 3. The highest BCUT2D eigenvalue weighted by atomic mass is 16.2. The maximum atomic E-state index is 12.2. The molecule has 4 heteroatoms. The molecule has 1 fully saturated rings. The number of nitrogens with zero attached hydrogens (tertiary/aromatic N) is 2. The standard InChI is InChI=1S/C14H29N3O/c1-4-13(11-15)14(18)17-9-7-16(8-10-17)6-5-12(2)3/h12-13H,4-11,15H2,1-3H3. The van der Waals surface area contributed by atoms with Crippen molar-refractivity contribution in [3.63, 3.8) is 0 Å². The zero-order chi connectivity index (χ0) is 13.5. The average molecular weight is 255 g/mol. The van der Waals surface area contributed by atoms with E-state index >= 15 is 0 Å². The van der Waals surface area contributed by atoms with Crippen LogP contribution in [0.3, 0.4) is 0 Å². The second-order valence-electron chi connectivity index (χ2n) is 5.69. The summed E-state index contributed by atoms with van der Waals surface area (Å²) in [6.07, 6.45) is 2.09. The van der Waals surface area contributed by atoms with Crippen molar-refractivity contribution < 1.29 is 4.79 Å². The maximum Gasteiger partial charge on any atom is 0.227 e. The van der Waals surface area contributed by atoms with Gasteiger partial charge in [-0.1, -0.05) is 20.8 Å². The molecular weight excluding hydrogens is 226 g/mol. The van der Waals surface area contributed by atoms with Gasteiger partial charge in [-0.2, -0.15) is 0 Å². The van der Waals surface area contributed by atoms with Crippen molar-refractivity contribution in [2.45, 2.75) is 33.6 Å². The van der Waals surface area contributed by atoms with E-state index in [0.717, 1.165) is 45.1 Å². The van der Waals surface area contributed by atoms with Crippen molar-refractivity contribution in [2.75, 3.05) is 39.3 Å². The molecule has 1 aliphatic rings. The lowest BCUT2D eigenvalue weighted by molar-refractivity contribution is -0.137. The van der Waals surface area contributed by atoms with Gasteiger partial charge in [0.1, 0.15) is 0 Å². The van der Waals surface area contributed by atoms with Crippen LogP contribution in [-0.4, -0.2) is 55.0 Å². The number of rotatable bonds is 6. The highest BCUT2D eigenvalue weighted by molar-refractivity contribution is 5.79. The zero-order valence-corrected chi connectivity index (χ0v) is 12.2. The van der Waals surface area contributed by atoms with Gasteiger partial charge < -0.3 is 10.6 Å². The van der Waals surface area contributed by atoms with Crippen LogP contribution in [0.5, 0.6) is 0 Å². The minimum absolute atomic E-state index is 0.0206. The largest absolute Gasteiger partial charge is 0.340 e. The molecule has 0 aromatic rings. The summed E-state index contributed by atoms with van der Waals surface area (Å²) < 4.78 is 0. The molecular formula is C14H29N3O. The van der Waals surface area contributed by atoms with Crippen molar-refractivity contribution in [3.05, 3.63) is 0 Å². The van der Waals surface area contributed by atoms with Crippen LogP contribution in [0.2, 0.25) is 0 Å². The first kappa shape index (κ1) is 15.4. The summed E-state index contributed by atoms with van der Waals surface area (Å²) in [7, 11) is 0. The van der Waals surface area contributed by atoms with Crippen molar-refractivity contribution in [2.24, 2.45) is 17.6 Å². The molecule has 0 radical (unpaired) electrons. The van der Waals surface area contributed by atoms with Crippen molar-refractivity contribution in [3.8, 4) is 0 Å². The molecule has 0 aromatic carbocycles. The summed E-state index contributed by atoms with van der Waals surface area (Å²) in [5, 5.41) is 0. The van der Waals surface area contributed by atoms with Gasteiger partial charge in [0.05, 0.1) is 5.92 Å². The van der Waals surface area contributed by atoms with E-state index in [2.05, 4.69) is 18.7 Å². The number of amides is 1. The highest BCUT2D eigenvalue weighted by Crippen LogP contribution is 2.11. The first-order chi connectivity index (χ1) is 8.58. The molecule has 106 valence electrons. The first-order valence-corrected chi connectivity index (χ1v) is 7.29. The number of hydrogen-bond donors (Lipinski definition) is 1. The molecule has 18 heavy (non-hydrogen) atoms. The van der Waals surface area contributed by atoms with Crippen LogP contribution in [0.25, 0.3) is 0 Å². The fraction of sp³-hybridized carbons (Fsp3) is 0.929. The number of carbonyl (C=O) groups is 1. The van der Waals surface area contributed by atoms with Crippen molar-refractivity contribution >= 4 is 5.91 Å². The Morgan fingerprint density at radius 1 is 1.22 bits per heavy atom. The Labute approximate surface area is 111 Å². The van der Waals surface area contributed by atoms with Crippen molar-refractivity contribution in [1.29, 1.82) is 0 Å². The Morgan fingerprint density at radius 2 is 1.83 bits per heavy atom. The number of piperazine rings is 1. The summed E-state index contributed by atoms with van der Waals surface area (Å²) in [4.78, 5) is 16.6. The van der Waals surface area contributed by atoms with E-state index in [0.29, 0.717) is 6.54 Å². The summed E-state index contributed by atoms with van der Waals surface area (Å²) >= 11 is 0. The summed E-state index contributed by atoms with van der Waals surface area (Å²) in [6.45, 7) is 11.9. The minimum atomic E-state index is 0.0206. The average Bonchev–Trinajstić information content (AvgIpc) is 2.38. The molecule has 4 nitrogen and oxygen atoms in total. The van der Waals surface area contributed by atoms with Crippen LogP contribution in [0, 0.1) is 11.8 Å². The Balaban J connectivity index is 2.32. The van der Waals surface area contributed by atoms with E-state index in [9.17, 15) is 4.79 Å². The fourth-order valence-corrected chi connectivity index (χ4v) is 2.33. The van der Waals surface area contributed by atoms with Gasteiger partial charge in [0, 0.05) is 32.7 Å². The van der Waals surface area contributed by atoms with Crippen LogP contribution >= 0.6 is 0 Å². The molecule has 1 atom stereocenters. The predicted octanol–water partition coefficient (Wildman–Crippen LogP) is 1.16. The van der Waals surface area contributed by atoms with Crippen LogP contribution < -0.4 is 5.73 Å². The van der Waals surface area contributed by atoms with Crippen LogP contribution in [0.15, 0.2) is 0 Å². The van der Waals surface area contributed by atoms with Crippen LogP contribution in [0.1, 0.15) is 33.6 Å². The normalized spacial score (nSPS) is 19.3. The lowest BCUT2D eigenvalue weighted by Crippen LogP contribution is -2.51. The Morgan fingerprint density at radius 3 is 2.28 bits per heavy atom. The quantitative estimate of drug-likeness (QED) is 0.775. The Kier molecular flexibility index (Phi) is 6.65. The molecule has 1 heterocycles. The van der Waals surface area contributed by atoms with Crippen LogP contribution in [-0.2, 0) is 4.79 Å². The SMILES string of the molecule is CCC(CN)C(=O)N1CCN(CCC(C)C)CC1. The van der Waals surface area contributed by atoms with Gasteiger partial charge in [0.15, 0.2) is 0 Å². The first-order valence-electron chi connectivity index (χ1n) is 7.29. The molecule has 0 saturated carbocycles. The monoisotopic (exact) mass is 255 g/mol. The molecule has 0 aliphatic carbocycles. The summed E-state index contributed by atoms with van der Waals surface area (Å²) in [5.41, 5.74) is 5.64. The highest BCUT2D eigenvalue weighted by Gasteiger charge is 2.25. The summed E-state index contributed by atoms with van der Waals surface area (Å²) in [5.74, 6) is 1.03. The van der Waals surface area contributed by atoms with E-state index in [1.807, 2.05) is 11.8 Å². The molecule has 0 spiro atoms. The third-order valence-corrected chi connectivity index (χ3v) is 3.83. The van der Waals surface area contributed by atoms with Gasteiger partial charge in [-0.15, -0.1) is 0 Å². The van der Waals surface area contributed by atoms with Gasteiger partial charge in [-0.05, 0) is 25.3 Å². The topological polar surface area (TPSA) is 49.6 Å². The zero-order valence-electron chi connectivity index (χ0n) is 12.2. The number of nitrogens with two attached hydrogens (primary N) is 1. The van der Waals surface area contributed by atoms with E-state index in [4.69, 9.17) is 5.73 Å². The van der Waals surface area contributed by atoms with Gasteiger partial charge in [0.2, 0.25) is 5.91 Å². The Hall–Kier alpha value is -0.610. The van der Waals surface area contributed by atoms with E-state index in [-0.39, 0.29) is 11.8 Å². The lowest BCUT2D eigenvalue weighted by atomic mass is 10.0. The third kappa shape index (κ3) is 4.58. The minimum Gasteiger partial charge on any atom is -0.340 e. The number of carbonyl (C=O) groups excluding carboxylic acids is 1. The smallest absolute Gasteiger partial charge is 0.227 e. The Bertz CT molecular complexity index is 243. The fourth-order valence-electron chi connectivity index (χ4n) is 2.33. The second-order valence-corrected chi connectivity index (χ2v) is 5.69. The predicted molar refractivity (Wildman–Crippen MR) is 75.3 cm³/mol. The molecule has 1 amide bonds. The van der Waals surface area contributed by atoms with Gasteiger partial charge in [-0.25, -0.2) is 0 Å². The van der Waals surface area contributed by atoms with Crippen LogP contribution in [0.4, 0.5) is 0 Å². The molecule has 0 bridgehead atoms. The molecule has 1 saturated heterocycles. The molecule has 1 aliphatic heterocycles. The van der Waals surface area contributed by atoms with Gasteiger partial charge in [0.25, 0.3) is 0 Å². The molecule has 2 N–H and O–H groups in total. The van der Waals surface area contributed by atoms with E-state index in [1.54, 1.807) is 0 Å². The van der Waals surface area contributed by atoms with Crippen molar-refractivity contribution in [1.82, 2.24) is 9.80 Å². The van der Waals surface area contributed by atoms with Gasteiger partial charge in [-0.3, -0.25) is 9.69 Å². The summed E-state index contributed by atoms with van der Waals surface area (Å²) in [6, 6.07) is 0. The molecule has 1 rings (SSSR count). The third-order valence-electron chi connectivity index (χ3n) is 3.83. The molecule has 0 aromatic heterocycles.